The molecule has 0 aliphatic rings. The summed E-state index contributed by atoms with van der Waals surface area (Å²) in [7, 11) is 0. The fourth-order valence-corrected chi connectivity index (χ4v) is 2.42. The summed E-state index contributed by atoms with van der Waals surface area (Å²) in [6, 6.07) is 8.13. The maximum absolute atomic E-state index is 5.99. The summed E-state index contributed by atoms with van der Waals surface area (Å²) >= 11 is 5.99. The number of pyridine rings is 1. The molecular formula is C16H16ClN3O. The lowest BCUT2D eigenvalue weighted by Gasteiger charge is -2.03. The minimum atomic E-state index is 0.522. The van der Waals surface area contributed by atoms with Gasteiger partial charge >= 0.3 is 0 Å². The third-order valence-corrected chi connectivity index (χ3v) is 3.44. The highest BCUT2D eigenvalue weighted by Crippen LogP contribution is 2.19. The first kappa shape index (κ1) is 14.0. The summed E-state index contributed by atoms with van der Waals surface area (Å²) in [5, 5.41) is 1.70. The van der Waals surface area contributed by atoms with Gasteiger partial charge in [-0.2, -0.15) is 0 Å². The van der Waals surface area contributed by atoms with E-state index >= 15 is 0 Å². The fraction of sp³-hybridized carbons (Fsp3) is 0.250. The predicted octanol–water partition coefficient (Wildman–Crippen LogP) is 3.74. The Hall–Kier alpha value is -1.91. The molecule has 1 aromatic carbocycles. The van der Waals surface area contributed by atoms with Crippen molar-refractivity contribution in [3.05, 3.63) is 58.8 Å². The molecule has 0 amide bonds. The Morgan fingerprint density at radius 3 is 2.95 bits per heavy atom. The molecule has 4 nitrogen and oxygen atoms in total. The summed E-state index contributed by atoms with van der Waals surface area (Å²) in [5.74, 6) is 0.859. The molecule has 0 aliphatic heterocycles. The lowest BCUT2D eigenvalue weighted by Crippen LogP contribution is -1.95. The van der Waals surface area contributed by atoms with Gasteiger partial charge < -0.3 is 9.72 Å². The first-order valence-corrected chi connectivity index (χ1v) is 7.27. The van der Waals surface area contributed by atoms with Gasteiger partial charge in [0.2, 0.25) is 0 Å². The Morgan fingerprint density at radius 1 is 1.19 bits per heavy atom. The number of nitrogens with zero attached hydrogens (tertiary/aromatic N) is 2. The van der Waals surface area contributed by atoms with E-state index in [2.05, 4.69) is 27.1 Å². The highest BCUT2D eigenvalue weighted by molar-refractivity contribution is 6.31. The number of nitrogens with one attached hydrogen (secondary N) is 1. The molecule has 2 heterocycles. The van der Waals surface area contributed by atoms with Gasteiger partial charge in [-0.25, -0.2) is 4.98 Å². The SMILES string of the molecule is CCOCc1ncc(Cc2ccc3ncc(Cl)cc3c2)[nH]1. The molecule has 0 aliphatic carbocycles. The molecule has 0 unspecified atom stereocenters. The fourth-order valence-electron chi connectivity index (χ4n) is 2.25. The third kappa shape index (κ3) is 3.40. The number of benzene rings is 1. The summed E-state index contributed by atoms with van der Waals surface area (Å²) < 4.78 is 5.34. The number of H-pyrrole nitrogens is 1. The minimum absolute atomic E-state index is 0.522. The van der Waals surface area contributed by atoms with E-state index in [9.17, 15) is 0 Å². The zero-order chi connectivity index (χ0) is 14.7. The van der Waals surface area contributed by atoms with Gasteiger partial charge in [-0.05, 0) is 30.7 Å². The van der Waals surface area contributed by atoms with Crippen LogP contribution in [0.1, 0.15) is 24.0 Å². The van der Waals surface area contributed by atoms with Crippen molar-refractivity contribution in [3.8, 4) is 0 Å². The summed E-state index contributed by atoms with van der Waals surface area (Å²) in [4.78, 5) is 11.9. The summed E-state index contributed by atoms with van der Waals surface area (Å²) in [6.07, 6.45) is 4.31. The Balaban J connectivity index is 1.79. The van der Waals surface area contributed by atoms with Gasteiger partial charge in [0.1, 0.15) is 12.4 Å². The van der Waals surface area contributed by atoms with E-state index in [1.165, 1.54) is 5.56 Å². The van der Waals surface area contributed by atoms with Crippen molar-refractivity contribution < 1.29 is 4.74 Å². The number of fused-ring (bicyclic) bond motifs is 1. The van der Waals surface area contributed by atoms with Gasteiger partial charge in [0.15, 0.2) is 0 Å². The Morgan fingerprint density at radius 2 is 2.10 bits per heavy atom. The van der Waals surface area contributed by atoms with Crippen LogP contribution in [0.5, 0.6) is 0 Å². The molecule has 0 fully saturated rings. The van der Waals surface area contributed by atoms with Gasteiger partial charge in [0, 0.05) is 36.5 Å². The molecule has 108 valence electrons. The van der Waals surface area contributed by atoms with Crippen LogP contribution in [0.2, 0.25) is 5.02 Å². The molecule has 0 saturated carbocycles. The maximum Gasteiger partial charge on any atom is 0.132 e. The van der Waals surface area contributed by atoms with Gasteiger partial charge in [-0.15, -0.1) is 0 Å². The topological polar surface area (TPSA) is 50.8 Å². The standard InChI is InChI=1S/C16H16ClN3O/c1-2-21-10-16-19-9-14(20-16)6-11-3-4-15-12(5-11)7-13(17)8-18-15/h3-5,7-9H,2,6,10H2,1H3,(H,19,20). The number of ether oxygens (including phenoxy) is 1. The van der Waals surface area contributed by atoms with Crippen LogP contribution >= 0.6 is 11.6 Å². The lowest BCUT2D eigenvalue weighted by molar-refractivity contribution is 0.129. The quantitative estimate of drug-likeness (QED) is 0.781. The van der Waals surface area contributed by atoms with Crippen molar-refractivity contribution in [3.63, 3.8) is 0 Å². The molecule has 1 N–H and O–H groups in total. The smallest absolute Gasteiger partial charge is 0.132 e. The summed E-state index contributed by atoms with van der Waals surface area (Å²) in [6.45, 7) is 3.18. The molecule has 3 rings (SSSR count). The van der Waals surface area contributed by atoms with Crippen molar-refractivity contribution >= 4 is 22.5 Å². The largest absolute Gasteiger partial charge is 0.374 e. The molecule has 0 spiro atoms. The van der Waals surface area contributed by atoms with Crippen molar-refractivity contribution in [2.24, 2.45) is 0 Å². The van der Waals surface area contributed by atoms with Crippen LogP contribution in [0.4, 0.5) is 0 Å². The average molecular weight is 302 g/mol. The molecule has 0 radical (unpaired) electrons. The normalized spacial score (nSPS) is 11.1. The maximum atomic E-state index is 5.99. The van der Waals surface area contributed by atoms with Crippen LogP contribution in [-0.2, 0) is 17.8 Å². The number of imidazole rings is 1. The van der Waals surface area contributed by atoms with E-state index in [0.29, 0.717) is 18.2 Å². The second kappa shape index (κ2) is 6.24. The molecule has 3 aromatic rings. The molecule has 0 atom stereocenters. The molecule has 2 aromatic heterocycles. The highest BCUT2D eigenvalue weighted by Gasteiger charge is 2.04. The van der Waals surface area contributed by atoms with E-state index in [4.69, 9.17) is 16.3 Å². The van der Waals surface area contributed by atoms with E-state index in [1.807, 2.05) is 25.3 Å². The minimum Gasteiger partial charge on any atom is -0.374 e. The third-order valence-electron chi connectivity index (χ3n) is 3.23. The number of hydrogen-bond donors (Lipinski definition) is 1. The second-order valence-electron chi connectivity index (χ2n) is 4.85. The zero-order valence-corrected chi connectivity index (χ0v) is 12.5. The van der Waals surface area contributed by atoms with Crippen molar-refractivity contribution in [2.45, 2.75) is 20.0 Å². The number of hydrogen-bond acceptors (Lipinski definition) is 3. The first-order chi connectivity index (χ1) is 10.2. The van der Waals surface area contributed by atoms with Gasteiger partial charge in [0.25, 0.3) is 0 Å². The Kier molecular flexibility index (Phi) is 4.18. The second-order valence-corrected chi connectivity index (χ2v) is 5.29. The van der Waals surface area contributed by atoms with E-state index in [-0.39, 0.29) is 0 Å². The average Bonchev–Trinajstić information content (AvgIpc) is 2.92. The molecule has 21 heavy (non-hydrogen) atoms. The highest BCUT2D eigenvalue weighted by atomic mass is 35.5. The molecular weight excluding hydrogens is 286 g/mol. The van der Waals surface area contributed by atoms with Gasteiger partial charge in [-0.3, -0.25) is 4.98 Å². The lowest BCUT2D eigenvalue weighted by atomic mass is 10.1. The number of aromatic nitrogens is 3. The predicted molar refractivity (Wildman–Crippen MR) is 83.5 cm³/mol. The monoisotopic (exact) mass is 301 g/mol. The Labute approximate surface area is 128 Å². The van der Waals surface area contributed by atoms with E-state index in [0.717, 1.165) is 28.8 Å². The molecule has 0 saturated heterocycles. The van der Waals surface area contributed by atoms with Crippen molar-refractivity contribution in [1.82, 2.24) is 15.0 Å². The Bertz CT molecular complexity index is 754. The van der Waals surface area contributed by atoms with E-state index in [1.54, 1.807) is 6.20 Å². The van der Waals surface area contributed by atoms with E-state index < -0.39 is 0 Å². The number of rotatable bonds is 5. The van der Waals surface area contributed by atoms with Crippen molar-refractivity contribution in [1.29, 1.82) is 0 Å². The van der Waals surface area contributed by atoms with Gasteiger partial charge in [0.05, 0.1) is 10.5 Å². The van der Waals surface area contributed by atoms with Crippen LogP contribution in [0.15, 0.2) is 36.7 Å². The van der Waals surface area contributed by atoms with Crippen LogP contribution in [-0.4, -0.2) is 21.6 Å². The van der Waals surface area contributed by atoms with Crippen LogP contribution < -0.4 is 0 Å². The number of halogens is 1. The molecule has 0 bridgehead atoms. The van der Waals surface area contributed by atoms with Crippen LogP contribution in [0.25, 0.3) is 10.9 Å². The number of aromatic amines is 1. The van der Waals surface area contributed by atoms with Crippen molar-refractivity contribution in [2.75, 3.05) is 6.61 Å². The molecule has 5 heteroatoms. The van der Waals surface area contributed by atoms with Crippen LogP contribution in [0.3, 0.4) is 0 Å². The van der Waals surface area contributed by atoms with Gasteiger partial charge in [-0.1, -0.05) is 17.7 Å². The zero-order valence-electron chi connectivity index (χ0n) is 11.8. The summed E-state index contributed by atoms with van der Waals surface area (Å²) in [5.41, 5.74) is 3.21. The first-order valence-electron chi connectivity index (χ1n) is 6.89. The van der Waals surface area contributed by atoms with Crippen LogP contribution in [0, 0.1) is 0 Å².